The summed E-state index contributed by atoms with van der Waals surface area (Å²) in [6, 6.07) is 9.72. The Balaban J connectivity index is 2.89. The number of halogens is 1. The van der Waals surface area contributed by atoms with Crippen LogP contribution in [0, 0.1) is 22.7 Å². The van der Waals surface area contributed by atoms with Gasteiger partial charge >= 0.3 is 0 Å². The molecular formula is C10H7BrN2. The molecule has 0 fully saturated rings. The van der Waals surface area contributed by atoms with E-state index in [1.807, 2.05) is 12.1 Å². The molecule has 0 bridgehead atoms. The average molecular weight is 235 g/mol. The Hall–Kier alpha value is -1.32. The van der Waals surface area contributed by atoms with Crippen molar-refractivity contribution in [2.45, 2.75) is 12.8 Å². The smallest absolute Gasteiger partial charge is 0.100 e. The van der Waals surface area contributed by atoms with Gasteiger partial charge in [0.25, 0.3) is 0 Å². The summed E-state index contributed by atoms with van der Waals surface area (Å²) < 4.78 is 0.802. The Morgan fingerprint density at radius 3 is 2.69 bits per heavy atom. The van der Waals surface area contributed by atoms with Crippen molar-refractivity contribution >= 4 is 15.9 Å². The summed E-state index contributed by atoms with van der Waals surface area (Å²) in [4.78, 5) is 0. The van der Waals surface area contributed by atoms with Crippen LogP contribution in [0.5, 0.6) is 0 Å². The summed E-state index contributed by atoms with van der Waals surface area (Å²) in [7, 11) is 0. The van der Waals surface area contributed by atoms with Crippen LogP contribution in [-0.2, 0) is 6.42 Å². The molecule has 0 amide bonds. The predicted octanol–water partition coefficient (Wildman–Crippen LogP) is 2.78. The van der Waals surface area contributed by atoms with Crippen molar-refractivity contribution in [2.24, 2.45) is 0 Å². The minimum Gasteiger partial charge on any atom is -0.198 e. The van der Waals surface area contributed by atoms with E-state index in [1.165, 1.54) is 0 Å². The molecule has 0 aliphatic rings. The van der Waals surface area contributed by atoms with Crippen molar-refractivity contribution in [3.05, 3.63) is 33.8 Å². The molecule has 0 aromatic heterocycles. The molecule has 0 unspecified atom stereocenters. The molecule has 0 saturated carbocycles. The third kappa shape index (κ3) is 2.57. The Morgan fingerprint density at radius 2 is 2.08 bits per heavy atom. The second-order valence-corrected chi connectivity index (χ2v) is 3.44. The molecule has 0 saturated heterocycles. The number of benzene rings is 1. The van der Waals surface area contributed by atoms with Gasteiger partial charge in [0, 0.05) is 10.9 Å². The van der Waals surface area contributed by atoms with E-state index in [9.17, 15) is 0 Å². The van der Waals surface area contributed by atoms with Crippen LogP contribution in [0.1, 0.15) is 17.5 Å². The van der Waals surface area contributed by atoms with Crippen molar-refractivity contribution in [3.8, 4) is 12.1 Å². The van der Waals surface area contributed by atoms with Crippen LogP contribution < -0.4 is 0 Å². The number of nitrogens with zero attached hydrogens (tertiary/aromatic N) is 2. The number of aryl methyl sites for hydroxylation is 1. The van der Waals surface area contributed by atoms with Crippen molar-refractivity contribution in [3.63, 3.8) is 0 Å². The lowest BCUT2D eigenvalue weighted by Gasteiger charge is -1.99. The predicted molar refractivity (Wildman–Crippen MR) is 52.8 cm³/mol. The van der Waals surface area contributed by atoms with E-state index in [0.717, 1.165) is 10.0 Å². The molecule has 2 nitrogen and oxygen atoms in total. The number of hydrogen-bond donors (Lipinski definition) is 0. The van der Waals surface area contributed by atoms with Crippen molar-refractivity contribution in [1.29, 1.82) is 10.5 Å². The van der Waals surface area contributed by atoms with Gasteiger partial charge in [0.1, 0.15) is 6.07 Å². The average Bonchev–Trinajstić information content (AvgIpc) is 2.16. The molecule has 0 aliphatic heterocycles. The van der Waals surface area contributed by atoms with Crippen LogP contribution in [0.25, 0.3) is 0 Å². The largest absolute Gasteiger partial charge is 0.198 e. The molecule has 0 heterocycles. The van der Waals surface area contributed by atoms with Crippen molar-refractivity contribution in [2.75, 3.05) is 0 Å². The summed E-state index contributed by atoms with van der Waals surface area (Å²) in [5, 5.41) is 17.1. The van der Waals surface area contributed by atoms with Gasteiger partial charge in [-0.15, -0.1) is 0 Å². The number of hydrogen-bond acceptors (Lipinski definition) is 2. The maximum atomic E-state index is 8.72. The molecule has 1 rings (SSSR count). The van der Waals surface area contributed by atoms with E-state index in [1.54, 1.807) is 6.07 Å². The van der Waals surface area contributed by atoms with Crippen LogP contribution in [-0.4, -0.2) is 0 Å². The molecule has 1 aromatic carbocycles. The second-order valence-electron chi connectivity index (χ2n) is 2.58. The first kappa shape index (κ1) is 9.77. The number of nitriles is 2. The lowest BCUT2D eigenvalue weighted by Crippen LogP contribution is -1.86. The SMILES string of the molecule is N#CCCc1ccc(Br)c(C#N)c1. The molecule has 3 heteroatoms. The summed E-state index contributed by atoms with van der Waals surface area (Å²) in [5.41, 5.74) is 1.65. The highest BCUT2D eigenvalue weighted by atomic mass is 79.9. The minimum atomic E-state index is 0.493. The van der Waals surface area contributed by atoms with Crippen LogP contribution in [0.15, 0.2) is 22.7 Å². The molecule has 0 spiro atoms. The van der Waals surface area contributed by atoms with Gasteiger partial charge in [-0.05, 0) is 40.0 Å². The van der Waals surface area contributed by atoms with E-state index in [4.69, 9.17) is 10.5 Å². The van der Waals surface area contributed by atoms with Gasteiger partial charge < -0.3 is 0 Å². The van der Waals surface area contributed by atoms with E-state index in [2.05, 4.69) is 28.1 Å². The monoisotopic (exact) mass is 234 g/mol. The van der Waals surface area contributed by atoms with Crippen molar-refractivity contribution in [1.82, 2.24) is 0 Å². The summed E-state index contributed by atoms with van der Waals surface area (Å²) in [6.45, 7) is 0. The lowest BCUT2D eigenvalue weighted by molar-refractivity contribution is 1.01. The van der Waals surface area contributed by atoms with Crippen LogP contribution >= 0.6 is 15.9 Å². The fraction of sp³-hybridized carbons (Fsp3) is 0.200. The highest BCUT2D eigenvalue weighted by Gasteiger charge is 1.99. The maximum absolute atomic E-state index is 8.72. The molecular weight excluding hydrogens is 228 g/mol. The summed E-state index contributed by atoms with van der Waals surface area (Å²) in [6.07, 6.45) is 1.20. The first-order valence-corrected chi connectivity index (χ1v) is 4.62. The zero-order chi connectivity index (χ0) is 9.68. The van der Waals surface area contributed by atoms with E-state index in [-0.39, 0.29) is 0 Å². The third-order valence-corrected chi connectivity index (χ3v) is 2.37. The van der Waals surface area contributed by atoms with E-state index in [0.29, 0.717) is 18.4 Å². The fourth-order valence-corrected chi connectivity index (χ4v) is 1.35. The number of rotatable bonds is 2. The van der Waals surface area contributed by atoms with Crippen LogP contribution in [0.4, 0.5) is 0 Å². The van der Waals surface area contributed by atoms with Crippen LogP contribution in [0.2, 0.25) is 0 Å². The van der Waals surface area contributed by atoms with Crippen LogP contribution in [0.3, 0.4) is 0 Å². The second kappa shape index (κ2) is 4.64. The first-order chi connectivity index (χ1) is 6.27. The third-order valence-electron chi connectivity index (χ3n) is 1.68. The zero-order valence-electron chi connectivity index (χ0n) is 6.92. The van der Waals surface area contributed by atoms with Crippen molar-refractivity contribution < 1.29 is 0 Å². The molecule has 0 radical (unpaired) electrons. The Labute approximate surface area is 85.5 Å². The van der Waals surface area contributed by atoms with Gasteiger partial charge in [0.05, 0.1) is 11.6 Å². The van der Waals surface area contributed by atoms with Gasteiger partial charge in [-0.2, -0.15) is 10.5 Å². The van der Waals surface area contributed by atoms with Gasteiger partial charge in [-0.1, -0.05) is 6.07 Å². The quantitative estimate of drug-likeness (QED) is 0.791. The first-order valence-electron chi connectivity index (χ1n) is 3.83. The Morgan fingerprint density at radius 1 is 1.31 bits per heavy atom. The molecule has 64 valence electrons. The highest BCUT2D eigenvalue weighted by Crippen LogP contribution is 2.17. The van der Waals surface area contributed by atoms with E-state index < -0.39 is 0 Å². The summed E-state index contributed by atoms with van der Waals surface area (Å²) >= 11 is 3.27. The lowest BCUT2D eigenvalue weighted by atomic mass is 10.1. The topological polar surface area (TPSA) is 47.6 Å². The summed E-state index contributed by atoms with van der Waals surface area (Å²) in [5.74, 6) is 0. The van der Waals surface area contributed by atoms with Gasteiger partial charge in [0.15, 0.2) is 0 Å². The molecule has 13 heavy (non-hydrogen) atoms. The Kier molecular flexibility index (Phi) is 3.49. The minimum absolute atomic E-state index is 0.493. The normalized spacial score (nSPS) is 8.85. The van der Waals surface area contributed by atoms with E-state index >= 15 is 0 Å². The highest BCUT2D eigenvalue weighted by molar-refractivity contribution is 9.10. The maximum Gasteiger partial charge on any atom is 0.100 e. The zero-order valence-corrected chi connectivity index (χ0v) is 8.50. The molecule has 1 aromatic rings. The molecule has 0 atom stereocenters. The fourth-order valence-electron chi connectivity index (χ4n) is 1.01. The molecule has 0 N–H and O–H groups in total. The Bertz CT molecular complexity index is 385. The molecule has 0 aliphatic carbocycles. The van der Waals surface area contributed by atoms with Gasteiger partial charge in [0.2, 0.25) is 0 Å². The standard InChI is InChI=1S/C10H7BrN2/c11-10-4-3-8(2-1-5-12)6-9(10)7-13/h3-4,6H,1-2H2. The van der Waals surface area contributed by atoms with Gasteiger partial charge in [-0.3, -0.25) is 0 Å². The van der Waals surface area contributed by atoms with Gasteiger partial charge in [-0.25, -0.2) is 0 Å².